The zero-order chi connectivity index (χ0) is 12.3. The van der Waals surface area contributed by atoms with Crippen molar-refractivity contribution in [2.45, 2.75) is 6.18 Å². The van der Waals surface area contributed by atoms with Crippen LogP contribution < -0.4 is 5.32 Å². The van der Waals surface area contributed by atoms with E-state index < -0.39 is 17.6 Å². The van der Waals surface area contributed by atoms with E-state index in [0.717, 1.165) is 24.3 Å². The molecule has 2 nitrogen and oxygen atoms in total. The number of halogens is 4. The van der Waals surface area contributed by atoms with Gasteiger partial charge in [-0.2, -0.15) is 13.2 Å². The summed E-state index contributed by atoms with van der Waals surface area (Å²) in [5.74, 6) is -0.624. The Morgan fingerprint density at radius 1 is 1.44 bits per heavy atom. The summed E-state index contributed by atoms with van der Waals surface area (Å²) in [5, 5.41) is 2.21. The number of nitrogens with one attached hydrogen (secondary N) is 1. The molecule has 86 valence electrons. The topological polar surface area (TPSA) is 29.1 Å². The van der Waals surface area contributed by atoms with Crippen LogP contribution in [0.4, 0.5) is 18.9 Å². The van der Waals surface area contributed by atoms with Crippen molar-refractivity contribution in [3.63, 3.8) is 0 Å². The number of alkyl halides is 3. The van der Waals surface area contributed by atoms with Gasteiger partial charge in [0.15, 0.2) is 0 Å². The minimum Gasteiger partial charge on any atom is -0.321 e. The monoisotopic (exact) mass is 249 g/mol. The van der Waals surface area contributed by atoms with E-state index in [-0.39, 0.29) is 10.7 Å². The van der Waals surface area contributed by atoms with Gasteiger partial charge in [-0.25, -0.2) is 0 Å². The van der Waals surface area contributed by atoms with Gasteiger partial charge in [-0.3, -0.25) is 4.79 Å². The van der Waals surface area contributed by atoms with Crippen molar-refractivity contribution in [1.29, 1.82) is 0 Å². The number of rotatable bonds is 2. The molecule has 0 aliphatic heterocycles. The summed E-state index contributed by atoms with van der Waals surface area (Å²) in [6.45, 7) is 3.18. The molecule has 0 unspecified atom stereocenters. The average molecular weight is 250 g/mol. The van der Waals surface area contributed by atoms with Crippen molar-refractivity contribution >= 4 is 23.2 Å². The van der Waals surface area contributed by atoms with Crippen LogP contribution in [0.25, 0.3) is 0 Å². The van der Waals surface area contributed by atoms with Crippen molar-refractivity contribution in [3.8, 4) is 0 Å². The molecule has 0 bridgehead atoms. The normalized spacial score (nSPS) is 11.0. The van der Waals surface area contributed by atoms with Gasteiger partial charge in [-0.05, 0) is 24.3 Å². The molecule has 0 heterocycles. The van der Waals surface area contributed by atoms with E-state index in [4.69, 9.17) is 11.6 Å². The van der Waals surface area contributed by atoms with Gasteiger partial charge >= 0.3 is 6.18 Å². The molecule has 0 radical (unpaired) electrons. The van der Waals surface area contributed by atoms with E-state index in [1.807, 2.05) is 0 Å². The zero-order valence-electron chi connectivity index (χ0n) is 7.94. The Hall–Kier alpha value is -1.49. The zero-order valence-corrected chi connectivity index (χ0v) is 8.69. The highest BCUT2D eigenvalue weighted by atomic mass is 35.5. The van der Waals surface area contributed by atoms with Gasteiger partial charge in [0.25, 0.3) is 0 Å². The van der Waals surface area contributed by atoms with Crippen LogP contribution in [0.15, 0.2) is 30.9 Å². The molecular weight excluding hydrogens is 243 g/mol. The van der Waals surface area contributed by atoms with Crippen LogP contribution in [-0.4, -0.2) is 5.91 Å². The maximum Gasteiger partial charge on any atom is 0.416 e. The Bertz CT molecular complexity index is 429. The number of benzene rings is 1. The summed E-state index contributed by atoms with van der Waals surface area (Å²) in [5.41, 5.74) is -0.974. The van der Waals surface area contributed by atoms with Crippen LogP contribution in [0.1, 0.15) is 5.56 Å². The molecular formula is C10H7ClF3NO. The fourth-order valence-electron chi connectivity index (χ4n) is 0.981. The molecule has 1 N–H and O–H groups in total. The summed E-state index contributed by atoms with van der Waals surface area (Å²) in [4.78, 5) is 10.9. The molecule has 1 rings (SSSR count). The Morgan fingerprint density at radius 2 is 2.06 bits per heavy atom. The Balaban J connectivity index is 3.09. The first-order valence-electron chi connectivity index (χ1n) is 4.15. The van der Waals surface area contributed by atoms with Gasteiger partial charge in [0.1, 0.15) is 0 Å². The molecule has 0 saturated heterocycles. The second-order valence-corrected chi connectivity index (χ2v) is 3.29. The highest BCUT2D eigenvalue weighted by Gasteiger charge is 2.31. The lowest BCUT2D eigenvalue weighted by molar-refractivity contribution is -0.137. The number of hydrogen-bond donors (Lipinski definition) is 1. The van der Waals surface area contributed by atoms with Crippen LogP contribution in [0, 0.1) is 0 Å². The number of carbonyl (C=O) groups excluding carboxylic acids is 1. The lowest BCUT2D eigenvalue weighted by atomic mass is 10.2. The Kier molecular flexibility index (Phi) is 3.59. The number of amides is 1. The highest BCUT2D eigenvalue weighted by molar-refractivity contribution is 6.33. The molecule has 0 saturated carbocycles. The first-order chi connectivity index (χ1) is 7.34. The summed E-state index contributed by atoms with van der Waals surface area (Å²) in [6.07, 6.45) is -3.53. The van der Waals surface area contributed by atoms with Crippen LogP contribution in [-0.2, 0) is 11.0 Å². The third kappa shape index (κ3) is 3.00. The molecule has 0 fully saturated rings. The van der Waals surface area contributed by atoms with Gasteiger partial charge in [0, 0.05) is 0 Å². The van der Waals surface area contributed by atoms with Crippen molar-refractivity contribution in [1.82, 2.24) is 0 Å². The molecule has 0 aromatic heterocycles. The van der Waals surface area contributed by atoms with E-state index in [1.54, 1.807) is 0 Å². The first kappa shape index (κ1) is 12.6. The van der Waals surface area contributed by atoms with Gasteiger partial charge in [-0.1, -0.05) is 18.2 Å². The second kappa shape index (κ2) is 4.57. The fourth-order valence-corrected chi connectivity index (χ4v) is 1.15. The predicted octanol–water partition coefficient (Wildman–Crippen LogP) is 3.48. The summed E-state index contributed by atoms with van der Waals surface area (Å²) in [6, 6.07) is 2.68. The van der Waals surface area contributed by atoms with Crippen LogP contribution in [0.2, 0.25) is 5.02 Å². The highest BCUT2D eigenvalue weighted by Crippen LogP contribution is 2.33. The van der Waals surface area contributed by atoms with E-state index in [1.165, 1.54) is 0 Å². The molecule has 1 aromatic rings. The molecule has 1 amide bonds. The third-order valence-electron chi connectivity index (χ3n) is 1.74. The van der Waals surface area contributed by atoms with E-state index in [9.17, 15) is 18.0 Å². The number of anilines is 1. The third-order valence-corrected chi connectivity index (χ3v) is 2.07. The fraction of sp³-hybridized carbons (Fsp3) is 0.100. The standard InChI is InChI=1S/C10H7ClF3NO/c1-2-9(16)15-8-5-6(10(12,13)14)3-4-7(8)11/h2-5H,1H2,(H,15,16). The molecule has 0 aliphatic carbocycles. The maximum atomic E-state index is 12.3. The lowest BCUT2D eigenvalue weighted by Crippen LogP contribution is -2.10. The lowest BCUT2D eigenvalue weighted by Gasteiger charge is -2.10. The Morgan fingerprint density at radius 3 is 2.56 bits per heavy atom. The van der Waals surface area contributed by atoms with Gasteiger partial charge < -0.3 is 5.32 Å². The first-order valence-corrected chi connectivity index (χ1v) is 4.52. The van der Waals surface area contributed by atoms with Crippen molar-refractivity contribution < 1.29 is 18.0 Å². The van der Waals surface area contributed by atoms with Gasteiger partial charge in [-0.15, -0.1) is 0 Å². The van der Waals surface area contributed by atoms with Crippen molar-refractivity contribution in [3.05, 3.63) is 41.4 Å². The van der Waals surface area contributed by atoms with Crippen molar-refractivity contribution in [2.24, 2.45) is 0 Å². The van der Waals surface area contributed by atoms with E-state index in [2.05, 4.69) is 11.9 Å². The Labute approximate surface area is 94.7 Å². The van der Waals surface area contributed by atoms with E-state index >= 15 is 0 Å². The average Bonchev–Trinajstić information content (AvgIpc) is 2.19. The number of hydrogen-bond acceptors (Lipinski definition) is 1. The number of carbonyl (C=O) groups is 1. The molecule has 1 aromatic carbocycles. The van der Waals surface area contributed by atoms with Crippen LogP contribution in [0.5, 0.6) is 0 Å². The molecule has 0 spiro atoms. The molecule has 6 heteroatoms. The summed E-state index contributed by atoms with van der Waals surface area (Å²) in [7, 11) is 0. The minimum absolute atomic E-state index is 0.0307. The van der Waals surface area contributed by atoms with Crippen molar-refractivity contribution in [2.75, 3.05) is 5.32 Å². The summed E-state index contributed by atoms with van der Waals surface area (Å²) < 4.78 is 37.0. The van der Waals surface area contributed by atoms with E-state index in [0.29, 0.717) is 0 Å². The maximum absolute atomic E-state index is 12.3. The van der Waals surface area contributed by atoms with Crippen LogP contribution >= 0.6 is 11.6 Å². The molecule has 16 heavy (non-hydrogen) atoms. The molecule has 0 aliphatic rings. The van der Waals surface area contributed by atoms with Gasteiger partial charge in [0.2, 0.25) is 5.91 Å². The summed E-state index contributed by atoms with van der Waals surface area (Å²) >= 11 is 5.63. The smallest absolute Gasteiger partial charge is 0.321 e. The second-order valence-electron chi connectivity index (χ2n) is 2.89. The van der Waals surface area contributed by atoms with Gasteiger partial charge in [0.05, 0.1) is 16.3 Å². The minimum atomic E-state index is -4.47. The molecule has 0 atom stereocenters. The predicted molar refractivity (Wildman–Crippen MR) is 55.3 cm³/mol. The SMILES string of the molecule is C=CC(=O)Nc1cc(C(F)(F)F)ccc1Cl. The quantitative estimate of drug-likeness (QED) is 0.799. The largest absolute Gasteiger partial charge is 0.416 e. The van der Waals surface area contributed by atoms with Crippen LogP contribution in [0.3, 0.4) is 0 Å².